The lowest BCUT2D eigenvalue weighted by atomic mass is 10.1. The Bertz CT molecular complexity index is 846. The zero-order valence-electron chi connectivity index (χ0n) is 15.0. The minimum Gasteiger partial charge on any atom is -0.493 e. The molecule has 0 spiro atoms. The van der Waals surface area contributed by atoms with E-state index in [0.717, 1.165) is 5.56 Å². The van der Waals surface area contributed by atoms with Crippen LogP contribution in [0.5, 0.6) is 17.2 Å². The van der Waals surface area contributed by atoms with Gasteiger partial charge in [-0.15, -0.1) is 0 Å². The average molecular weight is 355 g/mol. The molecule has 0 aliphatic heterocycles. The van der Waals surface area contributed by atoms with Crippen LogP contribution < -0.4 is 19.5 Å². The van der Waals surface area contributed by atoms with Gasteiger partial charge in [0.15, 0.2) is 23.4 Å². The number of anilines is 1. The van der Waals surface area contributed by atoms with Crippen LogP contribution in [0.15, 0.2) is 36.4 Å². The lowest BCUT2D eigenvalue weighted by Crippen LogP contribution is -2.30. The van der Waals surface area contributed by atoms with Crippen LogP contribution in [0.2, 0.25) is 0 Å². The number of hydrogen-bond acceptors (Lipinski definition) is 5. The van der Waals surface area contributed by atoms with Gasteiger partial charge in [0, 0.05) is 29.3 Å². The molecule has 26 heavy (non-hydrogen) atoms. The van der Waals surface area contributed by atoms with Crippen LogP contribution in [-0.2, 0) is 11.2 Å². The molecule has 2 aromatic carbocycles. The lowest BCUT2D eigenvalue weighted by molar-refractivity contribution is -0.122. The molecule has 0 unspecified atom stereocenters. The third kappa shape index (κ3) is 3.49. The Hall–Kier alpha value is -3.02. The first kappa shape index (κ1) is 17.8. The van der Waals surface area contributed by atoms with Gasteiger partial charge in [-0.3, -0.25) is 9.59 Å². The van der Waals surface area contributed by atoms with Crippen LogP contribution in [-0.4, -0.2) is 32.0 Å². The minimum atomic E-state index is -0.717. The van der Waals surface area contributed by atoms with E-state index in [-0.39, 0.29) is 11.7 Å². The third-order valence-corrected chi connectivity index (χ3v) is 4.36. The monoisotopic (exact) mass is 355 g/mol. The van der Waals surface area contributed by atoms with Crippen molar-refractivity contribution in [1.29, 1.82) is 0 Å². The minimum absolute atomic E-state index is 0.118. The first-order valence-corrected chi connectivity index (χ1v) is 8.38. The van der Waals surface area contributed by atoms with Crippen molar-refractivity contribution in [1.82, 2.24) is 0 Å². The normalized spacial score (nSPS) is 13.7. The Balaban J connectivity index is 1.70. The number of carbonyl (C=O) groups is 2. The molecular formula is C20H21NO5. The molecule has 1 atom stereocenters. The van der Waals surface area contributed by atoms with E-state index in [4.69, 9.17) is 14.2 Å². The van der Waals surface area contributed by atoms with Crippen molar-refractivity contribution in [2.75, 3.05) is 19.5 Å². The summed E-state index contributed by atoms with van der Waals surface area (Å²) in [6.45, 7) is 1.67. The Labute approximate surface area is 152 Å². The molecule has 3 rings (SSSR count). The van der Waals surface area contributed by atoms with Gasteiger partial charge in [0.2, 0.25) is 0 Å². The highest BCUT2D eigenvalue weighted by Crippen LogP contribution is 2.32. The summed E-state index contributed by atoms with van der Waals surface area (Å²) in [6, 6.07) is 10.5. The Morgan fingerprint density at radius 3 is 2.54 bits per heavy atom. The number of nitrogens with one attached hydrogen (secondary N) is 1. The predicted octanol–water partition coefficient (Wildman–Crippen LogP) is 3.24. The van der Waals surface area contributed by atoms with Crippen molar-refractivity contribution in [3.63, 3.8) is 0 Å². The van der Waals surface area contributed by atoms with Crippen molar-refractivity contribution >= 4 is 17.4 Å². The first-order valence-electron chi connectivity index (χ1n) is 8.38. The van der Waals surface area contributed by atoms with Crippen molar-refractivity contribution in [2.45, 2.75) is 25.9 Å². The van der Waals surface area contributed by atoms with Crippen molar-refractivity contribution in [3.05, 3.63) is 47.5 Å². The molecule has 6 heteroatoms. The maximum atomic E-state index is 12.5. The second-order valence-corrected chi connectivity index (χ2v) is 6.02. The van der Waals surface area contributed by atoms with Gasteiger partial charge in [-0.1, -0.05) is 12.1 Å². The summed E-state index contributed by atoms with van der Waals surface area (Å²) in [5.74, 6) is 1.52. The molecule has 1 N–H and O–H groups in total. The van der Waals surface area contributed by atoms with Crippen LogP contribution >= 0.6 is 0 Å². The molecule has 1 amide bonds. The van der Waals surface area contributed by atoms with Crippen LogP contribution in [0.25, 0.3) is 0 Å². The van der Waals surface area contributed by atoms with Gasteiger partial charge >= 0.3 is 0 Å². The summed E-state index contributed by atoms with van der Waals surface area (Å²) in [6.07, 6.45) is 0.418. The first-order chi connectivity index (χ1) is 12.5. The Morgan fingerprint density at radius 1 is 1.04 bits per heavy atom. The zero-order valence-corrected chi connectivity index (χ0v) is 15.0. The maximum Gasteiger partial charge on any atom is 0.265 e. The summed E-state index contributed by atoms with van der Waals surface area (Å²) >= 11 is 0. The molecule has 0 fully saturated rings. The van der Waals surface area contributed by atoms with Crippen molar-refractivity contribution in [2.24, 2.45) is 0 Å². The number of amides is 1. The second kappa shape index (κ2) is 7.47. The van der Waals surface area contributed by atoms with Crippen LogP contribution in [0.3, 0.4) is 0 Å². The number of ether oxygens (including phenoxy) is 3. The number of ketones is 1. The topological polar surface area (TPSA) is 73.9 Å². The molecule has 1 aliphatic carbocycles. The SMILES string of the molecule is COc1ccc(NC(=O)[C@H](C)Oc2cccc3c2CCC3=O)cc1OC. The van der Waals surface area contributed by atoms with Crippen LogP contribution in [0.4, 0.5) is 5.69 Å². The largest absolute Gasteiger partial charge is 0.493 e. The fourth-order valence-corrected chi connectivity index (χ4v) is 2.97. The van der Waals surface area contributed by atoms with Gasteiger partial charge < -0.3 is 19.5 Å². The summed E-state index contributed by atoms with van der Waals surface area (Å²) in [4.78, 5) is 24.3. The average Bonchev–Trinajstić information content (AvgIpc) is 3.03. The number of hydrogen-bond donors (Lipinski definition) is 1. The number of methoxy groups -OCH3 is 2. The van der Waals surface area contributed by atoms with Crippen molar-refractivity contribution < 1.29 is 23.8 Å². The molecule has 6 nitrogen and oxygen atoms in total. The molecule has 2 aromatic rings. The molecule has 0 saturated carbocycles. The van der Waals surface area contributed by atoms with Gasteiger partial charge in [-0.25, -0.2) is 0 Å². The zero-order chi connectivity index (χ0) is 18.7. The smallest absolute Gasteiger partial charge is 0.265 e. The maximum absolute atomic E-state index is 12.5. The van der Waals surface area contributed by atoms with Crippen LogP contribution in [0, 0.1) is 0 Å². The number of Topliss-reactive ketones (excluding diaryl/α,β-unsaturated/α-hetero) is 1. The standard InChI is InChI=1S/C20H21NO5/c1-12(26-17-6-4-5-14-15(17)8-9-16(14)22)20(23)21-13-7-10-18(24-2)19(11-13)25-3/h4-7,10-12H,8-9H2,1-3H3,(H,21,23)/t12-/m0/s1. The van der Waals surface area contributed by atoms with Gasteiger partial charge in [0.25, 0.3) is 5.91 Å². The molecule has 0 aromatic heterocycles. The molecule has 1 aliphatic rings. The summed E-state index contributed by atoms with van der Waals surface area (Å²) in [7, 11) is 3.08. The van der Waals surface area contributed by atoms with E-state index < -0.39 is 6.10 Å². The summed E-state index contributed by atoms with van der Waals surface area (Å²) < 4.78 is 16.2. The van der Waals surface area contributed by atoms with Gasteiger partial charge in [0.1, 0.15) is 5.75 Å². The van der Waals surface area contributed by atoms with E-state index in [2.05, 4.69) is 5.32 Å². The number of fused-ring (bicyclic) bond motifs is 1. The van der Waals surface area contributed by atoms with Gasteiger partial charge in [-0.2, -0.15) is 0 Å². The van der Waals surface area contributed by atoms with Gasteiger partial charge in [0.05, 0.1) is 14.2 Å². The highest BCUT2D eigenvalue weighted by atomic mass is 16.5. The number of rotatable bonds is 6. The number of benzene rings is 2. The van der Waals surface area contributed by atoms with E-state index in [1.165, 1.54) is 7.11 Å². The molecule has 0 saturated heterocycles. The quantitative estimate of drug-likeness (QED) is 0.861. The molecule has 0 bridgehead atoms. The highest BCUT2D eigenvalue weighted by Gasteiger charge is 2.24. The third-order valence-electron chi connectivity index (χ3n) is 4.36. The molecule has 136 valence electrons. The summed E-state index contributed by atoms with van der Waals surface area (Å²) in [5.41, 5.74) is 2.15. The van der Waals surface area contributed by atoms with E-state index >= 15 is 0 Å². The van der Waals surface area contributed by atoms with Gasteiger partial charge in [-0.05, 0) is 31.5 Å². The Kier molecular flexibility index (Phi) is 5.11. The van der Waals surface area contributed by atoms with Crippen LogP contribution in [0.1, 0.15) is 29.3 Å². The molecule has 0 radical (unpaired) electrons. The predicted molar refractivity (Wildman–Crippen MR) is 97.4 cm³/mol. The van der Waals surface area contributed by atoms with Crippen molar-refractivity contribution in [3.8, 4) is 17.2 Å². The second-order valence-electron chi connectivity index (χ2n) is 6.02. The fourth-order valence-electron chi connectivity index (χ4n) is 2.97. The summed E-state index contributed by atoms with van der Waals surface area (Å²) in [5, 5.41) is 2.80. The molecule has 0 heterocycles. The molecular weight excluding hydrogens is 334 g/mol. The van der Waals surface area contributed by atoms with E-state index in [1.807, 2.05) is 0 Å². The van der Waals surface area contributed by atoms with E-state index in [1.54, 1.807) is 50.4 Å². The highest BCUT2D eigenvalue weighted by molar-refractivity contribution is 6.01. The fraction of sp³-hybridized carbons (Fsp3) is 0.300. The van der Waals surface area contributed by atoms with E-state index in [9.17, 15) is 9.59 Å². The lowest BCUT2D eigenvalue weighted by Gasteiger charge is -2.17. The number of carbonyl (C=O) groups excluding carboxylic acids is 2. The van der Waals surface area contributed by atoms with E-state index in [0.29, 0.717) is 41.3 Å². The Morgan fingerprint density at radius 2 is 1.81 bits per heavy atom.